The first-order chi connectivity index (χ1) is 14.6. The lowest BCUT2D eigenvalue weighted by Gasteiger charge is -2.10. The van der Waals surface area contributed by atoms with E-state index in [1.54, 1.807) is 11.7 Å². The lowest BCUT2D eigenvalue weighted by Crippen LogP contribution is -2.18. The molecule has 5 aromatic rings. The molecule has 0 unspecified atom stereocenters. The third-order valence-electron chi connectivity index (χ3n) is 5.35. The van der Waals surface area contributed by atoms with Crippen LogP contribution >= 0.6 is 0 Å². The molecule has 30 heavy (non-hydrogen) atoms. The molecular weight excluding hydrogens is 372 g/mol. The number of aromatic nitrogens is 2. The van der Waals surface area contributed by atoms with E-state index in [2.05, 4.69) is 58.9 Å². The summed E-state index contributed by atoms with van der Waals surface area (Å²) in [7, 11) is 1.60. The van der Waals surface area contributed by atoms with Crippen molar-refractivity contribution < 1.29 is 4.79 Å². The molecule has 0 fully saturated rings. The Labute approximate surface area is 173 Å². The minimum absolute atomic E-state index is 0.225. The van der Waals surface area contributed by atoms with E-state index >= 15 is 0 Å². The molecular formula is C25H20N4O. The molecule has 1 amide bonds. The van der Waals surface area contributed by atoms with Gasteiger partial charge >= 0.3 is 0 Å². The highest BCUT2D eigenvalue weighted by Crippen LogP contribution is 2.31. The second-order valence-corrected chi connectivity index (χ2v) is 7.22. The monoisotopic (exact) mass is 392 g/mol. The van der Waals surface area contributed by atoms with Crippen LogP contribution in [0.3, 0.4) is 0 Å². The summed E-state index contributed by atoms with van der Waals surface area (Å²) in [4.78, 5) is 12.2. The van der Waals surface area contributed by atoms with Crippen LogP contribution in [-0.4, -0.2) is 22.7 Å². The van der Waals surface area contributed by atoms with Gasteiger partial charge in [0.15, 0.2) is 5.69 Å². The number of nitrogens with two attached hydrogens (primary N) is 1. The van der Waals surface area contributed by atoms with Gasteiger partial charge in [0.2, 0.25) is 0 Å². The Morgan fingerprint density at radius 2 is 1.60 bits per heavy atom. The molecule has 0 atom stereocenters. The van der Waals surface area contributed by atoms with Crippen LogP contribution in [0.15, 0.2) is 84.9 Å². The van der Waals surface area contributed by atoms with Gasteiger partial charge in [0.05, 0.1) is 11.4 Å². The van der Waals surface area contributed by atoms with Crippen molar-refractivity contribution in [3.8, 4) is 16.9 Å². The Morgan fingerprint density at radius 1 is 0.867 bits per heavy atom. The van der Waals surface area contributed by atoms with Crippen molar-refractivity contribution in [3.05, 3.63) is 90.6 Å². The van der Waals surface area contributed by atoms with Crippen molar-refractivity contribution in [2.24, 2.45) is 0 Å². The zero-order chi connectivity index (χ0) is 20.7. The van der Waals surface area contributed by atoms with Gasteiger partial charge in [0, 0.05) is 18.3 Å². The van der Waals surface area contributed by atoms with E-state index in [-0.39, 0.29) is 5.91 Å². The van der Waals surface area contributed by atoms with E-state index in [1.807, 2.05) is 36.4 Å². The van der Waals surface area contributed by atoms with Crippen molar-refractivity contribution >= 4 is 33.1 Å². The maximum Gasteiger partial charge on any atom is 0.271 e. The minimum Gasteiger partial charge on any atom is -0.399 e. The van der Waals surface area contributed by atoms with Gasteiger partial charge in [-0.3, -0.25) is 4.79 Å². The summed E-state index contributed by atoms with van der Waals surface area (Å²) < 4.78 is 1.78. The number of nitrogens with one attached hydrogen (secondary N) is 1. The molecule has 0 aliphatic rings. The molecule has 0 spiro atoms. The quantitative estimate of drug-likeness (QED) is 0.343. The number of rotatable bonds is 3. The number of benzene rings is 4. The summed E-state index contributed by atoms with van der Waals surface area (Å²) in [5, 5.41) is 12.0. The highest BCUT2D eigenvalue weighted by Gasteiger charge is 2.16. The Morgan fingerprint density at radius 3 is 2.40 bits per heavy atom. The van der Waals surface area contributed by atoms with Gasteiger partial charge in [-0.05, 0) is 57.9 Å². The van der Waals surface area contributed by atoms with Crippen LogP contribution in [-0.2, 0) is 0 Å². The summed E-state index contributed by atoms with van der Waals surface area (Å²) in [5.74, 6) is -0.225. The van der Waals surface area contributed by atoms with E-state index in [4.69, 9.17) is 5.73 Å². The number of nitrogens with zero attached hydrogens (tertiary/aromatic N) is 2. The Kier molecular flexibility index (Phi) is 4.21. The molecule has 0 saturated carbocycles. The fourth-order valence-corrected chi connectivity index (χ4v) is 3.81. The van der Waals surface area contributed by atoms with Gasteiger partial charge in [0.25, 0.3) is 5.91 Å². The average molecular weight is 392 g/mol. The molecule has 0 saturated heterocycles. The third kappa shape index (κ3) is 2.97. The van der Waals surface area contributed by atoms with Crippen LogP contribution in [0.4, 0.5) is 5.69 Å². The molecule has 1 heterocycles. The first-order valence-electron chi connectivity index (χ1n) is 9.74. The van der Waals surface area contributed by atoms with E-state index in [0.717, 1.165) is 22.3 Å². The van der Waals surface area contributed by atoms with Crippen LogP contribution < -0.4 is 11.1 Å². The number of hydrogen-bond donors (Lipinski definition) is 2. The SMILES string of the molecule is CNC(=O)c1cc(-c2ccc3c(ccc4ccccc43)c2)n(-c2ccc(N)cc2)n1. The Balaban J connectivity index is 1.71. The summed E-state index contributed by atoms with van der Waals surface area (Å²) in [6, 6.07) is 28.2. The number of nitrogen functional groups attached to an aromatic ring is 1. The number of hydrogen-bond acceptors (Lipinski definition) is 3. The summed E-state index contributed by atoms with van der Waals surface area (Å²) in [6.07, 6.45) is 0. The fraction of sp³-hybridized carbons (Fsp3) is 0.0400. The topological polar surface area (TPSA) is 72.9 Å². The second-order valence-electron chi connectivity index (χ2n) is 7.22. The number of carbonyl (C=O) groups excluding carboxylic acids is 1. The van der Waals surface area contributed by atoms with Gasteiger partial charge in [-0.2, -0.15) is 5.10 Å². The average Bonchev–Trinajstić information content (AvgIpc) is 3.24. The smallest absolute Gasteiger partial charge is 0.271 e. The van der Waals surface area contributed by atoms with Gasteiger partial charge < -0.3 is 11.1 Å². The normalized spacial score (nSPS) is 11.1. The number of fused-ring (bicyclic) bond motifs is 3. The van der Waals surface area contributed by atoms with Gasteiger partial charge in [-0.15, -0.1) is 0 Å². The molecule has 146 valence electrons. The highest BCUT2D eigenvalue weighted by molar-refractivity contribution is 6.08. The molecule has 1 aromatic heterocycles. The summed E-state index contributed by atoms with van der Waals surface area (Å²) >= 11 is 0. The largest absolute Gasteiger partial charge is 0.399 e. The summed E-state index contributed by atoms with van der Waals surface area (Å²) in [5.41, 5.74) is 9.55. The lowest BCUT2D eigenvalue weighted by atomic mass is 9.99. The van der Waals surface area contributed by atoms with E-state index in [9.17, 15) is 4.79 Å². The standard InChI is InChI=1S/C25H20N4O/c1-27-25(30)23-15-24(29(28-23)20-11-9-19(26)10-12-20)18-8-13-22-17(14-18)7-6-16-4-2-3-5-21(16)22/h2-15H,26H2,1H3,(H,27,30). The van der Waals surface area contributed by atoms with Crippen molar-refractivity contribution in [1.29, 1.82) is 0 Å². The lowest BCUT2D eigenvalue weighted by molar-refractivity contribution is 0.0957. The Bertz CT molecular complexity index is 1400. The molecule has 5 heteroatoms. The number of anilines is 1. The molecule has 4 aromatic carbocycles. The minimum atomic E-state index is -0.225. The molecule has 5 nitrogen and oxygen atoms in total. The predicted molar refractivity (Wildman–Crippen MR) is 122 cm³/mol. The van der Waals surface area contributed by atoms with Crippen LogP contribution in [0.1, 0.15) is 10.5 Å². The van der Waals surface area contributed by atoms with E-state index in [1.165, 1.54) is 16.2 Å². The molecule has 3 N–H and O–H groups in total. The van der Waals surface area contributed by atoms with Crippen molar-refractivity contribution in [1.82, 2.24) is 15.1 Å². The van der Waals surface area contributed by atoms with Crippen LogP contribution in [0.2, 0.25) is 0 Å². The van der Waals surface area contributed by atoms with Crippen molar-refractivity contribution in [3.63, 3.8) is 0 Å². The van der Waals surface area contributed by atoms with Gasteiger partial charge in [0.1, 0.15) is 0 Å². The molecule has 0 aliphatic carbocycles. The Hall–Kier alpha value is -4.12. The third-order valence-corrected chi connectivity index (χ3v) is 5.35. The van der Waals surface area contributed by atoms with Crippen molar-refractivity contribution in [2.45, 2.75) is 0 Å². The zero-order valence-corrected chi connectivity index (χ0v) is 16.5. The number of carbonyl (C=O) groups is 1. The predicted octanol–water partition coefficient (Wildman–Crippen LogP) is 4.79. The van der Waals surface area contributed by atoms with Gasteiger partial charge in [-0.1, -0.05) is 48.5 Å². The zero-order valence-electron chi connectivity index (χ0n) is 16.5. The summed E-state index contributed by atoms with van der Waals surface area (Å²) in [6.45, 7) is 0. The maximum atomic E-state index is 12.2. The van der Waals surface area contributed by atoms with Crippen molar-refractivity contribution in [2.75, 3.05) is 12.8 Å². The van der Waals surface area contributed by atoms with Crippen LogP contribution in [0.5, 0.6) is 0 Å². The molecule has 5 rings (SSSR count). The van der Waals surface area contributed by atoms with Crippen LogP contribution in [0.25, 0.3) is 38.5 Å². The number of amides is 1. The second kappa shape index (κ2) is 7.04. The fourth-order valence-electron chi connectivity index (χ4n) is 3.81. The van der Waals surface area contributed by atoms with Gasteiger partial charge in [-0.25, -0.2) is 4.68 Å². The maximum absolute atomic E-state index is 12.2. The highest BCUT2D eigenvalue weighted by atomic mass is 16.1. The van der Waals surface area contributed by atoms with E-state index < -0.39 is 0 Å². The van der Waals surface area contributed by atoms with E-state index in [0.29, 0.717) is 11.4 Å². The molecule has 0 bridgehead atoms. The van der Waals surface area contributed by atoms with Crippen LogP contribution in [0, 0.1) is 0 Å². The first-order valence-corrected chi connectivity index (χ1v) is 9.74. The molecule has 0 radical (unpaired) electrons. The molecule has 0 aliphatic heterocycles. The first kappa shape index (κ1) is 17.9.